The van der Waals surface area contributed by atoms with Gasteiger partial charge in [0.05, 0.1) is 0 Å². The Balaban J connectivity index is 2.20. The van der Waals surface area contributed by atoms with Gasteiger partial charge in [-0.25, -0.2) is 0 Å². The number of benzene rings is 1. The predicted molar refractivity (Wildman–Crippen MR) is 80.9 cm³/mol. The number of unbranched alkanes of at least 4 members (excludes halogenated alkanes) is 1. The summed E-state index contributed by atoms with van der Waals surface area (Å²) in [6.45, 7) is 1.39. The summed E-state index contributed by atoms with van der Waals surface area (Å²) >= 11 is 0. The molecule has 0 saturated carbocycles. The number of rotatable bonds is 6. The number of aromatic hydroxyl groups is 2. The Morgan fingerprint density at radius 1 is 1.20 bits per heavy atom. The highest BCUT2D eigenvalue weighted by molar-refractivity contribution is 5.51. The monoisotopic (exact) mass is 278 g/mol. The SMILES string of the molecule is NCCCCC(CN)C1CCCc2c1ccc(O)c2O. The zero-order chi connectivity index (χ0) is 14.5. The first-order valence-electron chi connectivity index (χ1n) is 7.62. The molecule has 0 aliphatic heterocycles. The van der Waals surface area contributed by atoms with Crippen molar-refractivity contribution in [3.63, 3.8) is 0 Å². The molecule has 0 heterocycles. The topological polar surface area (TPSA) is 92.5 Å². The molecule has 0 saturated heterocycles. The normalized spacial score (nSPS) is 19.6. The lowest BCUT2D eigenvalue weighted by Crippen LogP contribution is -2.25. The molecule has 6 N–H and O–H groups in total. The first-order chi connectivity index (χ1) is 9.69. The number of hydrogen-bond donors (Lipinski definition) is 4. The quantitative estimate of drug-likeness (QED) is 0.474. The average Bonchev–Trinajstić information content (AvgIpc) is 2.47. The highest BCUT2D eigenvalue weighted by Crippen LogP contribution is 2.44. The molecule has 0 aromatic heterocycles. The highest BCUT2D eigenvalue weighted by Gasteiger charge is 2.29. The molecule has 0 amide bonds. The van der Waals surface area contributed by atoms with Crippen molar-refractivity contribution >= 4 is 0 Å². The maximum atomic E-state index is 10.0. The predicted octanol–water partition coefficient (Wildman–Crippen LogP) is 2.22. The molecule has 4 nitrogen and oxygen atoms in total. The molecule has 1 aliphatic rings. The van der Waals surface area contributed by atoms with E-state index in [-0.39, 0.29) is 11.5 Å². The largest absolute Gasteiger partial charge is 0.504 e. The lowest BCUT2D eigenvalue weighted by Gasteiger charge is -2.32. The number of hydrogen-bond acceptors (Lipinski definition) is 4. The lowest BCUT2D eigenvalue weighted by molar-refractivity contribution is 0.344. The van der Waals surface area contributed by atoms with Gasteiger partial charge in [0.15, 0.2) is 11.5 Å². The third-order valence-electron chi connectivity index (χ3n) is 4.54. The van der Waals surface area contributed by atoms with E-state index in [4.69, 9.17) is 11.5 Å². The van der Waals surface area contributed by atoms with Crippen molar-refractivity contribution < 1.29 is 10.2 Å². The molecule has 1 aromatic rings. The van der Waals surface area contributed by atoms with E-state index in [1.165, 1.54) is 5.56 Å². The van der Waals surface area contributed by atoms with Gasteiger partial charge in [-0.2, -0.15) is 0 Å². The molecule has 0 radical (unpaired) electrons. The van der Waals surface area contributed by atoms with Crippen LogP contribution in [0.5, 0.6) is 11.5 Å². The Bertz CT molecular complexity index is 448. The van der Waals surface area contributed by atoms with Gasteiger partial charge in [0, 0.05) is 5.56 Å². The second-order valence-electron chi connectivity index (χ2n) is 5.78. The van der Waals surface area contributed by atoms with E-state index < -0.39 is 0 Å². The molecule has 1 aromatic carbocycles. The van der Waals surface area contributed by atoms with E-state index in [1.54, 1.807) is 6.07 Å². The zero-order valence-electron chi connectivity index (χ0n) is 12.0. The van der Waals surface area contributed by atoms with E-state index >= 15 is 0 Å². The first-order valence-corrected chi connectivity index (χ1v) is 7.62. The molecule has 0 fully saturated rings. The van der Waals surface area contributed by atoms with Gasteiger partial charge in [-0.05, 0) is 68.7 Å². The molecular formula is C16H26N2O2. The van der Waals surface area contributed by atoms with Crippen LogP contribution in [-0.2, 0) is 6.42 Å². The molecule has 2 rings (SSSR count). The van der Waals surface area contributed by atoms with Gasteiger partial charge >= 0.3 is 0 Å². The summed E-state index contributed by atoms with van der Waals surface area (Å²) < 4.78 is 0. The first kappa shape index (κ1) is 15.1. The standard InChI is InChI=1S/C16H26N2O2/c17-9-2-1-4-11(10-18)12-5-3-6-14-13(12)7-8-15(19)16(14)20/h7-8,11-12,19-20H,1-6,9-10,17-18H2. The van der Waals surface area contributed by atoms with Gasteiger partial charge in [-0.1, -0.05) is 12.5 Å². The second kappa shape index (κ2) is 6.95. The molecule has 20 heavy (non-hydrogen) atoms. The van der Waals surface area contributed by atoms with Crippen LogP contribution in [0, 0.1) is 5.92 Å². The molecule has 0 spiro atoms. The second-order valence-corrected chi connectivity index (χ2v) is 5.78. The summed E-state index contributed by atoms with van der Waals surface area (Å²) in [5, 5.41) is 19.7. The highest BCUT2D eigenvalue weighted by atomic mass is 16.3. The molecule has 2 atom stereocenters. The van der Waals surface area contributed by atoms with E-state index in [2.05, 4.69) is 0 Å². The van der Waals surface area contributed by atoms with Gasteiger partial charge in [-0.15, -0.1) is 0 Å². The van der Waals surface area contributed by atoms with E-state index in [0.29, 0.717) is 18.4 Å². The summed E-state index contributed by atoms with van der Waals surface area (Å²) in [7, 11) is 0. The molecule has 112 valence electrons. The van der Waals surface area contributed by atoms with Crippen LogP contribution in [0.25, 0.3) is 0 Å². The third-order valence-corrected chi connectivity index (χ3v) is 4.54. The maximum absolute atomic E-state index is 10.0. The minimum Gasteiger partial charge on any atom is -0.504 e. The van der Waals surface area contributed by atoms with Crippen molar-refractivity contribution in [1.29, 1.82) is 0 Å². The van der Waals surface area contributed by atoms with Crippen molar-refractivity contribution in [1.82, 2.24) is 0 Å². The Hall–Kier alpha value is -1.26. The summed E-state index contributed by atoms with van der Waals surface area (Å²) in [4.78, 5) is 0. The number of phenols is 2. The Morgan fingerprint density at radius 2 is 2.00 bits per heavy atom. The van der Waals surface area contributed by atoms with Crippen LogP contribution in [0.3, 0.4) is 0 Å². The van der Waals surface area contributed by atoms with Crippen molar-refractivity contribution in [3.8, 4) is 11.5 Å². The van der Waals surface area contributed by atoms with Crippen molar-refractivity contribution in [3.05, 3.63) is 23.3 Å². The van der Waals surface area contributed by atoms with Crippen LogP contribution >= 0.6 is 0 Å². The van der Waals surface area contributed by atoms with Gasteiger partial charge in [0.1, 0.15) is 0 Å². The Kier molecular flexibility index (Phi) is 5.26. The average molecular weight is 278 g/mol. The summed E-state index contributed by atoms with van der Waals surface area (Å²) in [5.41, 5.74) is 13.6. The van der Waals surface area contributed by atoms with Gasteiger partial charge in [-0.3, -0.25) is 0 Å². The molecule has 0 bridgehead atoms. The third kappa shape index (κ3) is 3.07. The summed E-state index contributed by atoms with van der Waals surface area (Å²) in [6, 6.07) is 3.56. The zero-order valence-corrected chi connectivity index (χ0v) is 12.0. The number of nitrogens with two attached hydrogens (primary N) is 2. The molecule has 4 heteroatoms. The summed E-state index contributed by atoms with van der Waals surface area (Å²) in [5.74, 6) is 0.874. The smallest absolute Gasteiger partial charge is 0.160 e. The van der Waals surface area contributed by atoms with Gasteiger partial charge in [0.25, 0.3) is 0 Å². The Labute approximate surface area is 120 Å². The van der Waals surface area contributed by atoms with Crippen LogP contribution < -0.4 is 11.5 Å². The fraction of sp³-hybridized carbons (Fsp3) is 0.625. The van der Waals surface area contributed by atoms with Crippen LogP contribution in [0.15, 0.2) is 12.1 Å². The van der Waals surface area contributed by atoms with Crippen LogP contribution in [0.1, 0.15) is 49.1 Å². The molecule has 1 aliphatic carbocycles. The fourth-order valence-corrected chi connectivity index (χ4v) is 3.43. The van der Waals surface area contributed by atoms with E-state index in [1.807, 2.05) is 6.07 Å². The molecular weight excluding hydrogens is 252 g/mol. The number of fused-ring (bicyclic) bond motifs is 1. The lowest BCUT2D eigenvalue weighted by atomic mass is 9.74. The van der Waals surface area contributed by atoms with Crippen molar-refractivity contribution in [2.45, 2.75) is 44.4 Å². The van der Waals surface area contributed by atoms with Gasteiger partial charge in [0.2, 0.25) is 0 Å². The molecule has 2 unspecified atom stereocenters. The van der Waals surface area contributed by atoms with Crippen LogP contribution in [0.4, 0.5) is 0 Å². The van der Waals surface area contributed by atoms with E-state index in [0.717, 1.165) is 50.6 Å². The number of phenolic OH excluding ortho intramolecular Hbond substituents is 2. The van der Waals surface area contributed by atoms with Crippen LogP contribution in [-0.4, -0.2) is 23.3 Å². The van der Waals surface area contributed by atoms with Crippen LogP contribution in [0.2, 0.25) is 0 Å². The Morgan fingerprint density at radius 3 is 2.70 bits per heavy atom. The van der Waals surface area contributed by atoms with Gasteiger partial charge < -0.3 is 21.7 Å². The summed E-state index contributed by atoms with van der Waals surface area (Å²) in [6.07, 6.45) is 6.22. The minimum absolute atomic E-state index is 0.0168. The van der Waals surface area contributed by atoms with Crippen molar-refractivity contribution in [2.75, 3.05) is 13.1 Å². The minimum atomic E-state index is -0.0168. The maximum Gasteiger partial charge on any atom is 0.160 e. The fourth-order valence-electron chi connectivity index (χ4n) is 3.43. The van der Waals surface area contributed by atoms with E-state index in [9.17, 15) is 10.2 Å². The van der Waals surface area contributed by atoms with Crippen molar-refractivity contribution in [2.24, 2.45) is 17.4 Å².